The smallest absolute Gasteiger partial charge is 0.169 e. The fourth-order valence-electron chi connectivity index (χ4n) is 1.39. The Morgan fingerprint density at radius 3 is 2.25 bits per heavy atom. The van der Waals surface area contributed by atoms with Gasteiger partial charge in [0.25, 0.3) is 0 Å². The molecule has 0 amide bonds. The van der Waals surface area contributed by atoms with E-state index in [-0.39, 0.29) is 17.1 Å². The van der Waals surface area contributed by atoms with E-state index in [0.29, 0.717) is 0 Å². The maximum atomic E-state index is 12.0. The van der Waals surface area contributed by atoms with E-state index in [9.17, 15) is 4.79 Å². The van der Waals surface area contributed by atoms with Gasteiger partial charge < -0.3 is 0 Å². The molecule has 86 valence electrons. The predicted molar refractivity (Wildman–Crippen MR) is 68.5 cm³/mol. The SMILES string of the molecule is C[C@@H](/C=C/C(C)(C)C)C(=O)c1ccccc1. The molecule has 1 heteroatoms. The second-order valence-electron chi connectivity index (χ2n) is 5.24. The van der Waals surface area contributed by atoms with Crippen molar-refractivity contribution < 1.29 is 4.79 Å². The van der Waals surface area contributed by atoms with Crippen LogP contribution in [-0.2, 0) is 0 Å². The van der Waals surface area contributed by atoms with E-state index in [2.05, 4.69) is 26.8 Å². The lowest BCUT2D eigenvalue weighted by Crippen LogP contribution is -2.10. The maximum Gasteiger partial charge on any atom is 0.169 e. The molecule has 0 bridgehead atoms. The summed E-state index contributed by atoms with van der Waals surface area (Å²) in [5.74, 6) is 0.128. The van der Waals surface area contributed by atoms with Crippen LogP contribution in [0.15, 0.2) is 42.5 Å². The minimum absolute atomic E-state index is 0.0541. The molecule has 0 saturated heterocycles. The average Bonchev–Trinajstić information content (AvgIpc) is 2.25. The van der Waals surface area contributed by atoms with Gasteiger partial charge in [-0.2, -0.15) is 0 Å². The highest BCUT2D eigenvalue weighted by Crippen LogP contribution is 2.17. The van der Waals surface area contributed by atoms with Crippen molar-refractivity contribution in [2.75, 3.05) is 0 Å². The second kappa shape index (κ2) is 5.11. The first-order valence-corrected chi connectivity index (χ1v) is 5.69. The Balaban J connectivity index is 2.73. The summed E-state index contributed by atoms with van der Waals surface area (Å²) >= 11 is 0. The molecule has 1 nitrogen and oxygen atoms in total. The number of allylic oxidation sites excluding steroid dienone is 2. The van der Waals surface area contributed by atoms with Crippen LogP contribution in [0, 0.1) is 11.3 Å². The highest BCUT2D eigenvalue weighted by Gasteiger charge is 2.13. The van der Waals surface area contributed by atoms with Crippen molar-refractivity contribution in [2.24, 2.45) is 11.3 Å². The molecule has 0 spiro atoms. The fraction of sp³-hybridized carbons (Fsp3) is 0.400. The minimum atomic E-state index is -0.0541. The monoisotopic (exact) mass is 216 g/mol. The zero-order chi connectivity index (χ0) is 12.2. The number of ketones is 1. The van der Waals surface area contributed by atoms with Crippen LogP contribution in [-0.4, -0.2) is 5.78 Å². The van der Waals surface area contributed by atoms with E-state index in [0.717, 1.165) is 5.56 Å². The molecule has 0 heterocycles. The Labute approximate surface area is 98.2 Å². The predicted octanol–water partition coefficient (Wildman–Crippen LogP) is 4.11. The van der Waals surface area contributed by atoms with Crippen molar-refractivity contribution in [3.63, 3.8) is 0 Å². The van der Waals surface area contributed by atoms with Crippen LogP contribution in [0.25, 0.3) is 0 Å². The quantitative estimate of drug-likeness (QED) is 0.549. The lowest BCUT2D eigenvalue weighted by atomic mass is 9.92. The highest BCUT2D eigenvalue weighted by molar-refractivity contribution is 5.98. The van der Waals surface area contributed by atoms with E-state index in [1.54, 1.807) is 0 Å². The van der Waals surface area contributed by atoms with E-state index in [1.807, 2.05) is 43.3 Å². The Hall–Kier alpha value is -1.37. The van der Waals surface area contributed by atoms with Crippen LogP contribution in [0.4, 0.5) is 0 Å². The van der Waals surface area contributed by atoms with Gasteiger partial charge in [-0.3, -0.25) is 4.79 Å². The summed E-state index contributed by atoms with van der Waals surface area (Å²) in [4.78, 5) is 12.0. The van der Waals surface area contributed by atoms with Crippen LogP contribution in [0.5, 0.6) is 0 Å². The van der Waals surface area contributed by atoms with E-state index in [1.165, 1.54) is 0 Å². The molecule has 0 aliphatic rings. The summed E-state index contributed by atoms with van der Waals surface area (Å²) in [5, 5.41) is 0. The summed E-state index contributed by atoms with van der Waals surface area (Å²) in [6.45, 7) is 8.33. The van der Waals surface area contributed by atoms with Crippen molar-refractivity contribution in [3.05, 3.63) is 48.0 Å². The van der Waals surface area contributed by atoms with Crippen molar-refractivity contribution >= 4 is 5.78 Å². The Kier molecular flexibility index (Phi) is 4.05. The number of Topliss-reactive ketones (excluding diaryl/α,β-unsaturated/α-hetero) is 1. The molecule has 0 saturated carbocycles. The minimum Gasteiger partial charge on any atom is -0.294 e. The molecule has 0 aliphatic heterocycles. The number of rotatable bonds is 3. The number of carbonyl (C=O) groups is 1. The molecule has 16 heavy (non-hydrogen) atoms. The summed E-state index contributed by atoms with van der Waals surface area (Å²) in [6, 6.07) is 9.45. The molecule has 0 aliphatic carbocycles. The van der Waals surface area contributed by atoms with Gasteiger partial charge in [-0.05, 0) is 5.41 Å². The largest absolute Gasteiger partial charge is 0.294 e. The molecule has 0 radical (unpaired) electrons. The van der Waals surface area contributed by atoms with Gasteiger partial charge in [0.1, 0.15) is 0 Å². The van der Waals surface area contributed by atoms with Crippen molar-refractivity contribution in [1.82, 2.24) is 0 Å². The lowest BCUT2D eigenvalue weighted by molar-refractivity contribution is 0.0953. The molecular formula is C15H20O. The molecule has 1 aromatic rings. The van der Waals surface area contributed by atoms with Gasteiger partial charge in [0, 0.05) is 11.5 Å². The zero-order valence-electron chi connectivity index (χ0n) is 10.5. The Bertz CT molecular complexity index is 368. The summed E-state index contributed by atoms with van der Waals surface area (Å²) in [5.41, 5.74) is 0.916. The number of hydrogen-bond acceptors (Lipinski definition) is 1. The van der Waals surface area contributed by atoms with Crippen molar-refractivity contribution in [1.29, 1.82) is 0 Å². The first kappa shape index (κ1) is 12.7. The van der Waals surface area contributed by atoms with Crippen LogP contribution < -0.4 is 0 Å². The van der Waals surface area contributed by atoms with Gasteiger partial charge >= 0.3 is 0 Å². The van der Waals surface area contributed by atoms with Gasteiger partial charge in [0.15, 0.2) is 5.78 Å². The molecule has 0 N–H and O–H groups in total. The van der Waals surface area contributed by atoms with Gasteiger partial charge in [-0.1, -0.05) is 70.2 Å². The maximum absolute atomic E-state index is 12.0. The van der Waals surface area contributed by atoms with Gasteiger partial charge in [-0.25, -0.2) is 0 Å². The first-order chi connectivity index (χ1) is 7.40. The number of carbonyl (C=O) groups excluding carboxylic acids is 1. The summed E-state index contributed by atoms with van der Waals surface area (Å²) < 4.78 is 0. The van der Waals surface area contributed by atoms with Gasteiger partial charge in [-0.15, -0.1) is 0 Å². The molecular weight excluding hydrogens is 196 g/mol. The third-order valence-corrected chi connectivity index (χ3v) is 2.36. The molecule has 1 atom stereocenters. The lowest BCUT2D eigenvalue weighted by Gasteiger charge is -2.13. The fourth-order valence-corrected chi connectivity index (χ4v) is 1.39. The van der Waals surface area contributed by atoms with Crippen molar-refractivity contribution in [3.8, 4) is 0 Å². The number of hydrogen-bond donors (Lipinski definition) is 0. The van der Waals surface area contributed by atoms with E-state index >= 15 is 0 Å². The van der Waals surface area contributed by atoms with Crippen LogP contribution in [0.3, 0.4) is 0 Å². The van der Waals surface area contributed by atoms with Crippen LogP contribution in [0.2, 0.25) is 0 Å². The molecule has 0 fully saturated rings. The van der Waals surface area contributed by atoms with Gasteiger partial charge in [0.05, 0.1) is 0 Å². The molecule has 1 aromatic carbocycles. The van der Waals surface area contributed by atoms with Crippen LogP contribution in [0.1, 0.15) is 38.1 Å². The Morgan fingerprint density at radius 2 is 1.75 bits per heavy atom. The normalized spacial score (nSPS) is 14.0. The van der Waals surface area contributed by atoms with Gasteiger partial charge in [0.2, 0.25) is 0 Å². The second-order valence-corrected chi connectivity index (χ2v) is 5.24. The topological polar surface area (TPSA) is 17.1 Å². The molecule has 1 rings (SSSR count). The van der Waals surface area contributed by atoms with Crippen LogP contribution >= 0.6 is 0 Å². The third kappa shape index (κ3) is 4.01. The summed E-state index contributed by atoms with van der Waals surface area (Å²) in [6.07, 6.45) is 4.09. The standard InChI is InChI=1S/C15H20O/c1-12(10-11-15(2,3)4)14(16)13-8-6-5-7-9-13/h5-12H,1-4H3/b11-10+/t12-/m0/s1. The third-order valence-electron chi connectivity index (χ3n) is 2.36. The molecule has 0 aromatic heterocycles. The zero-order valence-corrected chi connectivity index (χ0v) is 10.5. The molecule has 0 unspecified atom stereocenters. The Morgan fingerprint density at radius 1 is 1.19 bits per heavy atom. The highest BCUT2D eigenvalue weighted by atomic mass is 16.1. The first-order valence-electron chi connectivity index (χ1n) is 5.69. The average molecular weight is 216 g/mol. The van der Waals surface area contributed by atoms with Crippen molar-refractivity contribution in [2.45, 2.75) is 27.7 Å². The number of benzene rings is 1. The van der Waals surface area contributed by atoms with E-state index in [4.69, 9.17) is 0 Å². The summed E-state index contributed by atoms with van der Waals surface area (Å²) in [7, 11) is 0. The van der Waals surface area contributed by atoms with E-state index < -0.39 is 0 Å².